The van der Waals surface area contributed by atoms with E-state index in [9.17, 15) is 13.2 Å². The molecular weight excluding hydrogens is 374 g/mol. The van der Waals surface area contributed by atoms with Crippen molar-refractivity contribution in [3.8, 4) is 0 Å². The fourth-order valence-electron chi connectivity index (χ4n) is 4.25. The summed E-state index contributed by atoms with van der Waals surface area (Å²) in [6, 6.07) is 4.70. The molecule has 28 heavy (non-hydrogen) atoms. The highest BCUT2D eigenvalue weighted by Gasteiger charge is 2.28. The summed E-state index contributed by atoms with van der Waals surface area (Å²) in [6.45, 7) is 4.33. The van der Waals surface area contributed by atoms with Gasteiger partial charge < -0.3 is 10.3 Å². The Balaban J connectivity index is 1.86. The smallest absolute Gasteiger partial charge is 0.256 e. The topological polar surface area (TPSA) is 91.1 Å². The Labute approximate surface area is 165 Å². The molecule has 148 valence electrons. The number of benzene rings is 1. The molecule has 0 spiro atoms. The van der Waals surface area contributed by atoms with E-state index in [1.54, 1.807) is 12.1 Å². The first kappa shape index (κ1) is 19.0. The third kappa shape index (κ3) is 3.08. The van der Waals surface area contributed by atoms with Crippen LogP contribution in [0.1, 0.15) is 60.7 Å². The molecule has 0 saturated heterocycles. The Hall–Kier alpha value is -2.38. The number of aromatic nitrogens is 1. The summed E-state index contributed by atoms with van der Waals surface area (Å²) < 4.78 is 26.7. The van der Waals surface area contributed by atoms with E-state index in [1.165, 1.54) is 42.8 Å². The molecule has 3 N–H and O–H groups in total. The molecule has 1 aliphatic carbocycles. The number of anilines is 1. The van der Waals surface area contributed by atoms with Crippen molar-refractivity contribution in [1.29, 1.82) is 0 Å². The summed E-state index contributed by atoms with van der Waals surface area (Å²) in [5.74, 6) is 0.126. The van der Waals surface area contributed by atoms with E-state index in [-0.39, 0.29) is 10.8 Å². The van der Waals surface area contributed by atoms with Gasteiger partial charge in [0.1, 0.15) is 0 Å². The molecule has 2 heterocycles. The molecule has 0 saturated carbocycles. The molecule has 1 aromatic carbocycles. The van der Waals surface area contributed by atoms with Crippen LogP contribution in [0.2, 0.25) is 0 Å². The first-order chi connectivity index (χ1) is 13.3. The molecule has 1 aromatic heterocycles. The van der Waals surface area contributed by atoms with Crippen molar-refractivity contribution in [3.05, 3.63) is 46.3 Å². The highest BCUT2D eigenvalue weighted by Crippen LogP contribution is 2.38. The first-order valence-corrected chi connectivity index (χ1v) is 11.1. The van der Waals surface area contributed by atoms with Crippen LogP contribution in [0.15, 0.2) is 23.1 Å². The lowest BCUT2D eigenvalue weighted by Crippen LogP contribution is -2.18. The van der Waals surface area contributed by atoms with Crippen LogP contribution in [0.5, 0.6) is 0 Å². The SMILES string of the molecule is CNS(=O)(=O)c1ccc2c(c1)C(=Cc1[nH]c3c(c1C(C)C)CCCC3)C(=O)N2. The van der Waals surface area contributed by atoms with Crippen molar-refractivity contribution < 1.29 is 13.2 Å². The van der Waals surface area contributed by atoms with Crippen LogP contribution in [-0.2, 0) is 27.7 Å². The van der Waals surface area contributed by atoms with E-state index in [0.29, 0.717) is 22.7 Å². The highest BCUT2D eigenvalue weighted by atomic mass is 32.2. The fraction of sp³-hybridized carbons (Fsp3) is 0.381. The van der Waals surface area contributed by atoms with E-state index in [4.69, 9.17) is 0 Å². The molecule has 0 radical (unpaired) electrons. The second-order valence-corrected chi connectivity index (χ2v) is 9.58. The van der Waals surface area contributed by atoms with Gasteiger partial charge in [0.25, 0.3) is 5.91 Å². The molecule has 0 atom stereocenters. The van der Waals surface area contributed by atoms with Crippen molar-refractivity contribution in [2.75, 3.05) is 12.4 Å². The second kappa shape index (κ2) is 6.90. The van der Waals surface area contributed by atoms with Gasteiger partial charge in [0.05, 0.1) is 10.5 Å². The van der Waals surface area contributed by atoms with E-state index in [2.05, 4.69) is 28.9 Å². The van der Waals surface area contributed by atoms with Gasteiger partial charge in [0.15, 0.2) is 0 Å². The Kier molecular flexibility index (Phi) is 4.67. The summed E-state index contributed by atoms with van der Waals surface area (Å²) in [4.78, 5) is 16.3. The molecule has 6 nitrogen and oxygen atoms in total. The van der Waals surface area contributed by atoms with Crippen LogP contribution in [0, 0.1) is 0 Å². The average molecular weight is 400 g/mol. The van der Waals surface area contributed by atoms with E-state index >= 15 is 0 Å². The average Bonchev–Trinajstić information content (AvgIpc) is 3.19. The molecule has 2 aromatic rings. The predicted molar refractivity (Wildman–Crippen MR) is 111 cm³/mol. The number of rotatable bonds is 4. The Morgan fingerprint density at radius 3 is 2.64 bits per heavy atom. The molecule has 4 rings (SSSR count). The van der Waals surface area contributed by atoms with Crippen molar-refractivity contribution in [2.24, 2.45) is 0 Å². The minimum Gasteiger partial charge on any atom is -0.358 e. The molecule has 2 aliphatic rings. The Morgan fingerprint density at radius 2 is 1.93 bits per heavy atom. The number of H-pyrrole nitrogens is 1. The fourth-order valence-corrected chi connectivity index (χ4v) is 5.00. The van der Waals surface area contributed by atoms with Crippen molar-refractivity contribution in [3.63, 3.8) is 0 Å². The van der Waals surface area contributed by atoms with Gasteiger partial charge in [-0.2, -0.15) is 0 Å². The van der Waals surface area contributed by atoms with E-state index < -0.39 is 10.0 Å². The number of carbonyl (C=O) groups excluding carboxylic acids is 1. The third-order valence-electron chi connectivity index (χ3n) is 5.59. The first-order valence-electron chi connectivity index (χ1n) is 9.66. The van der Waals surface area contributed by atoms with Gasteiger partial charge >= 0.3 is 0 Å². The van der Waals surface area contributed by atoms with Gasteiger partial charge in [-0.05, 0) is 74.1 Å². The van der Waals surface area contributed by atoms with E-state index in [0.717, 1.165) is 18.5 Å². The number of nitrogens with one attached hydrogen (secondary N) is 3. The van der Waals surface area contributed by atoms with Gasteiger partial charge in [-0.25, -0.2) is 13.1 Å². The van der Waals surface area contributed by atoms with Crippen LogP contribution in [0.4, 0.5) is 5.69 Å². The second-order valence-electron chi connectivity index (χ2n) is 7.70. The lowest BCUT2D eigenvalue weighted by atomic mass is 9.89. The van der Waals surface area contributed by atoms with Crippen LogP contribution in [-0.4, -0.2) is 26.4 Å². The van der Waals surface area contributed by atoms with Gasteiger partial charge in [-0.1, -0.05) is 13.8 Å². The van der Waals surface area contributed by atoms with Crippen molar-refractivity contribution in [2.45, 2.75) is 50.3 Å². The van der Waals surface area contributed by atoms with E-state index in [1.807, 2.05) is 6.08 Å². The lowest BCUT2D eigenvalue weighted by Gasteiger charge is -2.14. The maximum absolute atomic E-state index is 12.6. The normalized spacial score (nSPS) is 17.7. The molecule has 0 fully saturated rings. The van der Waals surface area contributed by atoms with Gasteiger partial charge in [-0.15, -0.1) is 0 Å². The van der Waals surface area contributed by atoms with Crippen molar-refractivity contribution in [1.82, 2.24) is 9.71 Å². The summed E-state index contributed by atoms with van der Waals surface area (Å²) in [7, 11) is -2.21. The summed E-state index contributed by atoms with van der Waals surface area (Å²) in [6.07, 6.45) is 6.34. The van der Waals surface area contributed by atoms with Crippen LogP contribution in [0.3, 0.4) is 0 Å². The maximum atomic E-state index is 12.6. The monoisotopic (exact) mass is 399 g/mol. The summed E-state index contributed by atoms with van der Waals surface area (Å²) >= 11 is 0. The quantitative estimate of drug-likeness (QED) is 0.688. The number of amides is 1. The zero-order valence-corrected chi connectivity index (χ0v) is 17.2. The predicted octanol–water partition coefficient (Wildman–Crippen LogP) is 3.42. The number of hydrogen-bond acceptors (Lipinski definition) is 3. The maximum Gasteiger partial charge on any atom is 0.256 e. The third-order valence-corrected chi connectivity index (χ3v) is 7.00. The van der Waals surface area contributed by atoms with Gasteiger partial charge in [0, 0.05) is 22.6 Å². The van der Waals surface area contributed by atoms with Crippen molar-refractivity contribution >= 4 is 33.3 Å². The number of hydrogen-bond donors (Lipinski definition) is 3. The Bertz CT molecular complexity index is 1090. The highest BCUT2D eigenvalue weighted by molar-refractivity contribution is 7.89. The summed E-state index contributed by atoms with van der Waals surface area (Å²) in [5, 5.41) is 2.84. The molecule has 7 heteroatoms. The number of sulfonamides is 1. The molecule has 0 bridgehead atoms. The number of aromatic amines is 1. The standard InChI is InChI=1S/C21H25N3O3S/c1-12(2)20-14-6-4-5-7-17(14)23-19(20)11-16-15-10-13(28(26,27)22-3)8-9-18(15)24-21(16)25/h8-12,22-23H,4-7H2,1-3H3,(H,24,25). The van der Waals surface area contributed by atoms with Gasteiger partial charge in [-0.3, -0.25) is 4.79 Å². The summed E-state index contributed by atoms with van der Waals surface area (Å²) in [5.41, 5.74) is 6.62. The largest absolute Gasteiger partial charge is 0.358 e. The van der Waals surface area contributed by atoms with Gasteiger partial charge in [0.2, 0.25) is 10.0 Å². The molecule has 0 unspecified atom stereocenters. The lowest BCUT2D eigenvalue weighted by molar-refractivity contribution is -0.110. The molecular formula is C21H25N3O3S. The zero-order valence-electron chi connectivity index (χ0n) is 16.3. The van der Waals surface area contributed by atoms with Crippen LogP contribution >= 0.6 is 0 Å². The minimum atomic E-state index is -3.58. The number of fused-ring (bicyclic) bond motifs is 2. The number of carbonyl (C=O) groups is 1. The molecule has 1 aliphatic heterocycles. The van der Waals surface area contributed by atoms with Crippen LogP contribution in [0.25, 0.3) is 11.6 Å². The zero-order chi connectivity index (χ0) is 20.1. The van der Waals surface area contributed by atoms with Crippen LogP contribution < -0.4 is 10.0 Å². The minimum absolute atomic E-state index is 0.144. The molecule has 1 amide bonds. The number of aryl methyl sites for hydroxylation is 1. The Morgan fingerprint density at radius 1 is 1.18 bits per heavy atom.